The Morgan fingerprint density at radius 1 is 1.37 bits per heavy atom. The first kappa shape index (κ1) is 20.0. The molecule has 1 aromatic heterocycles. The van der Waals surface area contributed by atoms with Gasteiger partial charge in [-0.2, -0.15) is 5.10 Å². The summed E-state index contributed by atoms with van der Waals surface area (Å²) in [4.78, 5) is 26.1. The first-order chi connectivity index (χ1) is 12.6. The molecule has 2 aliphatic rings. The van der Waals surface area contributed by atoms with Crippen molar-refractivity contribution in [2.75, 3.05) is 11.5 Å². The molecule has 148 valence electrons. The minimum Gasteiger partial charge on any atom is -0.343 e. The number of hydrogen-bond acceptors (Lipinski definition) is 6. The average molecular weight is 412 g/mol. The lowest BCUT2D eigenvalue weighted by Crippen LogP contribution is -2.45. The van der Waals surface area contributed by atoms with E-state index in [9.17, 15) is 18.0 Å². The molecule has 0 aliphatic carbocycles. The fourth-order valence-corrected chi connectivity index (χ4v) is 6.08. The first-order valence-corrected chi connectivity index (χ1v) is 11.7. The highest BCUT2D eigenvalue weighted by molar-refractivity contribution is 7.91. The van der Waals surface area contributed by atoms with Gasteiger partial charge in [0.2, 0.25) is 5.91 Å². The molecule has 0 saturated carbocycles. The number of nitrogens with one attached hydrogen (secondary N) is 1. The van der Waals surface area contributed by atoms with Gasteiger partial charge in [0.15, 0.2) is 9.84 Å². The normalized spacial score (nSPS) is 23.8. The highest BCUT2D eigenvalue weighted by atomic mass is 32.2. The summed E-state index contributed by atoms with van der Waals surface area (Å²) >= 11 is 1.58. The Hall–Kier alpha value is -1.74. The lowest BCUT2D eigenvalue weighted by Gasteiger charge is -2.32. The van der Waals surface area contributed by atoms with Crippen molar-refractivity contribution < 1.29 is 18.0 Å². The molecule has 2 amide bonds. The summed E-state index contributed by atoms with van der Waals surface area (Å²) in [5.74, 6) is -0.555. The molecule has 0 spiro atoms. The molecule has 3 heterocycles. The van der Waals surface area contributed by atoms with Crippen molar-refractivity contribution in [2.24, 2.45) is 10.5 Å². The maximum atomic E-state index is 12.9. The van der Waals surface area contributed by atoms with E-state index in [1.165, 1.54) is 5.01 Å². The zero-order chi connectivity index (χ0) is 19.8. The number of thiophene rings is 1. The Kier molecular flexibility index (Phi) is 5.45. The van der Waals surface area contributed by atoms with Gasteiger partial charge in [0, 0.05) is 17.7 Å². The van der Waals surface area contributed by atoms with E-state index in [2.05, 4.69) is 31.2 Å². The Balaban J connectivity index is 1.79. The van der Waals surface area contributed by atoms with E-state index in [4.69, 9.17) is 0 Å². The van der Waals surface area contributed by atoms with Gasteiger partial charge in [0.25, 0.3) is 5.91 Å². The summed E-state index contributed by atoms with van der Waals surface area (Å²) in [6.45, 7) is 6.17. The third-order valence-electron chi connectivity index (χ3n) is 4.85. The standard InChI is InChI=1S/C18H25N3O4S2/c1-18(2,3)16(14-5-4-9-26-14)19-17(23)13-6-7-15(22)21(20-13)12-8-10-27(24,25)11-12/h4-5,9,12,16H,6-8,10-11H2,1-3H3,(H,19,23). The molecule has 27 heavy (non-hydrogen) atoms. The SMILES string of the molecule is CC(C)(C)C(NC(=O)C1=NN(C2CCS(=O)(=O)C2)C(=O)CC1)c1cccs1. The van der Waals surface area contributed by atoms with E-state index < -0.39 is 15.9 Å². The van der Waals surface area contributed by atoms with Crippen molar-refractivity contribution in [3.05, 3.63) is 22.4 Å². The summed E-state index contributed by atoms with van der Waals surface area (Å²) < 4.78 is 23.5. The molecule has 1 fully saturated rings. The molecule has 0 radical (unpaired) electrons. The van der Waals surface area contributed by atoms with Gasteiger partial charge in [-0.1, -0.05) is 26.8 Å². The van der Waals surface area contributed by atoms with Crippen LogP contribution in [-0.4, -0.2) is 48.5 Å². The van der Waals surface area contributed by atoms with Gasteiger partial charge in [-0.25, -0.2) is 13.4 Å². The number of sulfone groups is 1. The molecule has 1 saturated heterocycles. The van der Waals surface area contributed by atoms with Gasteiger partial charge in [0.05, 0.1) is 23.6 Å². The van der Waals surface area contributed by atoms with Crippen LogP contribution >= 0.6 is 11.3 Å². The third-order valence-corrected chi connectivity index (χ3v) is 7.53. The molecule has 1 aromatic rings. The molecule has 3 rings (SSSR count). The zero-order valence-corrected chi connectivity index (χ0v) is 17.4. The van der Waals surface area contributed by atoms with Crippen molar-refractivity contribution in [3.63, 3.8) is 0 Å². The number of rotatable bonds is 4. The predicted molar refractivity (Wildman–Crippen MR) is 105 cm³/mol. The molecule has 0 aromatic carbocycles. The number of carbonyl (C=O) groups excluding carboxylic acids is 2. The second kappa shape index (κ2) is 7.35. The summed E-state index contributed by atoms with van der Waals surface area (Å²) in [5, 5.41) is 10.5. The Labute approximate surface area is 163 Å². The van der Waals surface area contributed by atoms with Crippen LogP contribution in [0.2, 0.25) is 0 Å². The topological polar surface area (TPSA) is 95.9 Å². The molecule has 7 nitrogen and oxygen atoms in total. The van der Waals surface area contributed by atoms with Crippen LogP contribution in [0.5, 0.6) is 0 Å². The van der Waals surface area contributed by atoms with Gasteiger partial charge in [-0.3, -0.25) is 9.59 Å². The molecule has 2 unspecified atom stereocenters. The first-order valence-electron chi connectivity index (χ1n) is 9.01. The second-order valence-electron chi connectivity index (χ2n) is 8.13. The van der Waals surface area contributed by atoms with Crippen molar-refractivity contribution in [2.45, 2.75) is 52.1 Å². The van der Waals surface area contributed by atoms with Gasteiger partial charge < -0.3 is 5.32 Å². The summed E-state index contributed by atoms with van der Waals surface area (Å²) in [5.41, 5.74) is 0.0924. The van der Waals surface area contributed by atoms with E-state index >= 15 is 0 Å². The van der Waals surface area contributed by atoms with Crippen LogP contribution in [0.1, 0.15) is 51.0 Å². The summed E-state index contributed by atoms with van der Waals surface area (Å²) in [7, 11) is -3.14. The lowest BCUT2D eigenvalue weighted by molar-refractivity contribution is -0.133. The number of carbonyl (C=O) groups is 2. The van der Waals surface area contributed by atoms with Crippen LogP contribution in [0.3, 0.4) is 0 Å². The minimum absolute atomic E-state index is 0.0585. The van der Waals surface area contributed by atoms with Gasteiger partial charge >= 0.3 is 0 Å². The van der Waals surface area contributed by atoms with Crippen LogP contribution in [0, 0.1) is 5.41 Å². The largest absolute Gasteiger partial charge is 0.343 e. The monoisotopic (exact) mass is 411 g/mol. The van der Waals surface area contributed by atoms with Crippen molar-refractivity contribution in [1.29, 1.82) is 0 Å². The quantitative estimate of drug-likeness (QED) is 0.821. The second-order valence-corrected chi connectivity index (χ2v) is 11.3. The Morgan fingerprint density at radius 2 is 2.11 bits per heavy atom. The maximum absolute atomic E-state index is 12.9. The van der Waals surface area contributed by atoms with Crippen LogP contribution in [0.15, 0.2) is 22.6 Å². The summed E-state index contributed by atoms with van der Waals surface area (Å²) in [6.07, 6.45) is 0.802. The van der Waals surface area contributed by atoms with Crippen molar-refractivity contribution in [1.82, 2.24) is 10.3 Å². The van der Waals surface area contributed by atoms with E-state index in [1.54, 1.807) is 11.3 Å². The molecule has 1 N–H and O–H groups in total. The maximum Gasteiger partial charge on any atom is 0.268 e. The minimum atomic E-state index is -3.14. The van der Waals surface area contributed by atoms with E-state index in [0.29, 0.717) is 6.42 Å². The lowest BCUT2D eigenvalue weighted by atomic mass is 9.85. The molecular weight excluding hydrogens is 386 g/mol. The third kappa shape index (κ3) is 4.57. The molecule has 9 heteroatoms. The predicted octanol–water partition coefficient (Wildman–Crippen LogP) is 2.12. The van der Waals surface area contributed by atoms with Gasteiger partial charge in [0.1, 0.15) is 5.71 Å². The molecule has 2 aliphatic heterocycles. The smallest absolute Gasteiger partial charge is 0.268 e. The fraction of sp³-hybridized carbons (Fsp3) is 0.611. The molecule has 0 bridgehead atoms. The number of hydrogen-bond donors (Lipinski definition) is 1. The number of amides is 2. The van der Waals surface area contributed by atoms with E-state index in [-0.39, 0.29) is 53.3 Å². The Bertz CT molecular complexity index is 854. The van der Waals surface area contributed by atoms with Crippen molar-refractivity contribution >= 4 is 38.7 Å². The van der Waals surface area contributed by atoms with Crippen LogP contribution in [0.25, 0.3) is 0 Å². The molecular formula is C18H25N3O4S2. The highest BCUT2D eigenvalue weighted by Crippen LogP contribution is 2.35. The van der Waals surface area contributed by atoms with Crippen molar-refractivity contribution in [3.8, 4) is 0 Å². The average Bonchev–Trinajstić information content (AvgIpc) is 3.21. The summed E-state index contributed by atoms with van der Waals surface area (Å²) in [6, 6.07) is 3.29. The van der Waals surface area contributed by atoms with Crippen LogP contribution < -0.4 is 5.32 Å². The van der Waals surface area contributed by atoms with Crippen LogP contribution in [-0.2, 0) is 19.4 Å². The number of nitrogens with zero attached hydrogens (tertiary/aromatic N) is 2. The van der Waals surface area contributed by atoms with Crippen LogP contribution in [0.4, 0.5) is 0 Å². The van der Waals surface area contributed by atoms with E-state index in [0.717, 1.165) is 4.88 Å². The zero-order valence-electron chi connectivity index (χ0n) is 15.8. The van der Waals surface area contributed by atoms with Gasteiger partial charge in [-0.05, 0) is 23.3 Å². The molecule has 2 atom stereocenters. The van der Waals surface area contributed by atoms with Gasteiger partial charge in [-0.15, -0.1) is 11.3 Å². The fourth-order valence-electron chi connectivity index (χ4n) is 3.37. The highest BCUT2D eigenvalue weighted by Gasteiger charge is 2.38. The Morgan fingerprint density at radius 3 is 2.67 bits per heavy atom. The van der Waals surface area contributed by atoms with E-state index in [1.807, 2.05) is 17.5 Å². The number of hydrazone groups is 1.